The van der Waals surface area contributed by atoms with Crippen LogP contribution in [0, 0.1) is 0 Å². The molecule has 176 valence electrons. The topological polar surface area (TPSA) is 49.8 Å². The van der Waals surface area contributed by atoms with Gasteiger partial charge in [0.05, 0.1) is 5.66 Å². The van der Waals surface area contributed by atoms with Crippen LogP contribution in [-0.2, 0) is 9.45 Å². The van der Waals surface area contributed by atoms with Crippen LogP contribution in [0.1, 0.15) is 81.0 Å². The largest absolute Gasteiger partial charge is 0.301 e. The lowest BCUT2D eigenvalue weighted by Crippen LogP contribution is -2.44. The van der Waals surface area contributed by atoms with Gasteiger partial charge in [-0.2, -0.15) is 0 Å². The molecule has 33 heavy (non-hydrogen) atoms. The highest BCUT2D eigenvalue weighted by molar-refractivity contribution is 7.73. The van der Waals surface area contributed by atoms with Crippen LogP contribution in [-0.4, -0.2) is 28.1 Å². The molecule has 5 rings (SSSR count). The predicted molar refractivity (Wildman–Crippen MR) is 134 cm³/mol. The molecule has 1 heterocycles. The maximum absolute atomic E-state index is 15.8. The van der Waals surface area contributed by atoms with Crippen LogP contribution in [0.2, 0.25) is 0 Å². The molecular formula is C28H36NO3P. The van der Waals surface area contributed by atoms with Crippen LogP contribution in [0.15, 0.2) is 66.7 Å². The van der Waals surface area contributed by atoms with Gasteiger partial charge in [0.1, 0.15) is 6.10 Å². The van der Waals surface area contributed by atoms with Gasteiger partial charge in [-0.25, -0.2) is 9.56 Å². The van der Waals surface area contributed by atoms with Gasteiger partial charge >= 0.3 is 0 Å². The normalized spacial score (nSPS) is 29.3. The van der Waals surface area contributed by atoms with E-state index in [1.54, 1.807) is 0 Å². The molecule has 0 aromatic heterocycles. The molecule has 1 aliphatic heterocycles. The second kappa shape index (κ2) is 10.3. The Labute approximate surface area is 198 Å². The second-order valence-corrected chi connectivity index (χ2v) is 12.7. The van der Waals surface area contributed by atoms with E-state index in [1.165, 1.54) is 38.5 Å². The van der Waals surface area contributed by atoms with E-state index >= 15 is 4.57 Å². The Morgan fingerprint density at radius 2 is 1.27 bits per heavy atom. The molecule has 0 saturated heterocycles. The van der Waals surface area contributed by atoms with Crippen molar-refractivity contribution in [3.63, 3.8) is 0 Å². The lowest BCUT2D eigenvalue weighted by molar-refractivity contribution is -0.265. The summed E-state index contributed by atoms with van der Waals surface area (Å²) in [6.45, 7) is 0. The molecule has 2 aliphatic carbocycles. The molecule has 0 unspecified atom stereocenters. The van der Waals surface area contributed by atoms with Gasteiger partial charge in [0.15, 0.2) is 7.29 Å². The van der Waals surface area contributed by atoms with E-state index < -0.39 is 19.1 Å². The molecule has 0 bridgehead atoms. The SMILES string of the molecule is O=[P@]1(N(C2CCCCC2)C2CCCCC2)C(c2ccccc2)=C[C@H](OO)[C@H]1c1ccccc1. The average Bonchev–Trinajstić information content (AvgIpc) is 3.19. The van der Waals surface area contributed by atoms with Gasteiger partial charge in [-0.3, -0.25) is 5.26 Å². The van der Waals surface area contributed by atoms with Crippen LogP contribution >= 0.6 is 7.29 Å². The highest BCUT2D eigenvalue weighted by Crippen LogP contribution is 2.77. The van der Waals surface area contributed by atoms with Crippen molar-refractivity contribution in [1.29, 1.82) is 0 Å². The molecule has 3 atom stereocenters. The van der Waals surface area contributed by atoms with E-state index in [9.17, 15) is 5.26 Å². The van der Waals surface area contributed by atoms with Crippen LogP contribution in [0.5, 0.6) is 0 Å². The third-order valence-corrected chi connectivity index (χ3v) is 11.7. The van der Waals surface area contributed by atoms with Gasteiger partial charge in [-0.05, 0) is 42.9 Å². The van der Waals surface area contributed by atoms with E-state index in [0.717, 1.165) is 42.1 Å². The summed E-state index contributed by atoms with van der Waals surface area (Å²) in [4.78, 5) is 5.07. The maximum Gasteiger partial charge on any atom is 0.189 e. The van der Waals surface area contributed by atoms with Crippen molar-refractivity contribution in [2.75, 3.05) is 0 Å². The summed E-state index contributed by atoms with van der Waals surface area (Å²) in [7, 11) is -3.14. The molecule has 0 spiro atoms. The van der Waals surface area contributed by atoms with E-state index in [0.29, 0.717) is 12.1 Å². The lowest BCUT2D eigenvalue weighted by Gasteiger charge is -2.47. The number of rotatable bonds is 6. The van der Waals surface area contributed by atoms with Crippen molar-refractivity contribution in [3.05, 3.63) is 77.9 Å². The van der Waals surface area contributed by atoms with Gasteiger partial charge in [-0.1, -0.05) is 99.2 Å². The summed E-state index contributed by atoms with van der Waals surface area (Å²) in [5.74, 6) is 0. The summed E-state index contributed by atoms with van der Waals surface area (Å²) in [5.41, 5.74) is 1.57. The first-order chi connectivity index (χ1) is 16.2. The standard InChI is InChI=1S/C28H36NO3P/c30-32-26-21-27(22-13-5-1-6-14-22)33(31,28(26)23-15-7-2-8-16-23)29(24-17-9-3-10-18-24)25-19-11-4-12-20-25/h1-2,5-8,13-16,21,24-26,28,30H,3-4,9-12,17-20H2/t26-,28+,33+/m0/s1. The van der Waals surface area contributed by atoms with Crippen molar-refractivity contribution in [2.45, 2.75) is 88.1 Å². The third-order valence-electron chi connectivity index (χ3n) is 7.93. The van der Waals surface area contributed by atoms with Crippen LogP contribution in [0.4, 0.5) is 0 Å². The number of benzene rings is 2. The summed E-state index contributed by atoms with van der Waals surface area (Å²) in [5, 5.41) is 10.9. The van der Waals surface area contributed by atoms with Crippen LogP contribution in [0.25, 0.3) is 5.31 Å². The Bertz CT molecular complexity index is 963. The molecule has 2 aromatic carbocycles. The first-order valence-electron chi connectivity index (χ1n) is 12.7. The molecule has 0 radical (unpaired) electrons. The first kappa shape index (κ1) is 23.1. The van der Waals surface area contributed by atoms with Gasteiger partial charge in [0.2, 0.25) is 0 Å². The molecule has 1 N–H and O–H groups in total. The van der Waals surface area contributed by atoms with Crippen molar-refractivity contribution >= 4 is 12.6 Å². The Morgan fingerprint density at radius 1 is 0.758 bits per heavy atom. The van der Waals surface area contributed by atoms with E-state index in [1.807, 2.05) is 54.6 Å². The summed E-state index contributed by atoms with van der Waals surface area (Å²) in [6.07, 6.45) is 13.1. The third kappa shape index (κ3) is 4.39. The monoisotopic (exact) mass is 465 g/mol. The zero-order valence-electron chi connectivity index (χ0n) is 19.4. The van der Waals surface area contributed by atoms with Crippen molar-refractivity contribution < 1.29 is 14.7 Å². The fourth-order valence-corrected chi connectivity index (χ4v) is 10.7. The minimum Gasteiger partial charge on any atom is -0.301 e. The molecular weight excluding hydrogens is 429 g/mol. The Balaban J connectivity index is 1.69. The molecule has 0 amide bonds. The van der Waals surface area contributed by atoms with Gasteiger partial charge in [0.25, 0.3) is 0 Å². The molecule has 2 fully saturated rings. The minimum atomic E-state index is -3.14. The first-order valence-corrected chi connectivity index (χ1v) is 14.5. The van der Waals surface area contributed by atoms with Crippen molar-refractivity contribution in [3.8, 4) is 0 Å². The summed E-state index contributed by atoms with van der Waals surface area (Å²) >= 11 is 0. The fraction of sp³-hybridized carbons (Fsp3) is 0.500. The van der Waals surface area contributed by atoms with E-state index in [-0.39, 0.29) is 0 Å². The van der Waals surface area contributed by atoms with Crippen LogP contribution < -0.4 is 0 Å². The predicted octanol–water partition coefficient (Wildman–Crippen LogP) is 7.89. The summed E-state index contributed by atoms with van der Waals surface area (Å²) < 4.78 is 18.3. The van der Waals surface area contributed by atoms with Crippen LogP contribution in [0.3, 0.4) is 0 Å². The molecule has 3 aliphatic rings. The lowest BCUT2D eigenvalue weighted by atomic mass is 9.91. The van der Waals surface area contributed by atoms with Gasteiger partial charge in [-0.15, -0.1) is 0 Å². The molecule has 4 nitrogen and oxygen atoms in total. The second-order valence-electron chi connectivity index (χ2n) is 9.93. The molecule has 5 heteroatoms. The minimum absolute atomic E-state index is 0.323. The smallest absolute Gasteiger partial charge is 0.189 e. The van der Waals surface area contributed by atoms with Gasteiger partial charge in [0, 0.05) is 17.4 Å². The number of hydrogen-bond acceptors (Lipinski definition) is 3. The molecule has 2 aromatic rings. The highest BCUT2D eigenvalue weighted by Gasteiger charge is 2.55. The highest BCUT2D eigenvalue weighted by atomic mass is 31.2. The van der Waals surface area contributed by atoms with Crippen molar-refractivity contribution in [2.24, 2.45) is 0 Å². The van der Waals surface area contributed by atoms with Crippen molar-refractivity contribution in [1.82, 2.24) is 4.67 Å². The maximum atomic E-state index is 15.8. The zero-order valence-corrected chi connectivity index (χ0v) is 20.3. The Hall–Kier alpha value is -1.71. The van der Waals surface area contributed by atoms with E-state index in [4.69, 9.17) is 4.89 Å². The molecule has 2 saturated carbocycles. The number of hydrogen-bond donors (Lipinski definition) is 1. The average molecular weight is 466 g/mol. The Morgan fingerprint density at radius 3 is 1.79 bits per heavy atom. The van der Waals surface area contributed by atoms with E-state index in [2.05, 4.69) is 16.8 Å². The Kier molecular flexibility index (Phi) is 7.18. The fourth-order valence-electron chi connectivity index (χ4n) is 6.47. The number of nitrogens with zero attached hydrogens (tertiary/aromatic N) is 1. The zero-order chi connectivity index (χ0) is 22.7. The quantitative estimate of drug-likeness (QED) is 0.268. The summed E-state index contributed by atoms with van der Waals surface area (Å²) in [6, 6.07) is 20.9. The van der Waals surface area contributed by atoms with Gasteiger partial charge < -0.3 is 4.57 Å².